The molecule has 2 N–H and O–H groups in total. The van der Waals surface area contributed by atoms with Crippen molar-refractivity contribution in [2.24, 2.45) is 5.92 Å². The molecule has 1 amide bonds. The maximum Gasteiger partial charge on any atom is 0.380 e. The molecule has 0 saturated carbocycles. The predicted octanol–water partition coefficient (Wildman–Crippen LogP) is 3.89. The Morgan fingerprint density at radius 3 is 2.52 bits per heavy atom. The van der Waals surface area contributed by atoms with E-state index in [1.54, 1.807) is 30.3 Å². The fourth-order valence-electron chi connectivity index (χ4n) is 4.28. The molecule has 1 unspecified atom stereocenters. The van der Waals surface area contributed by atoms with Gasteiger partial charge < -0.3 is 29.3 Å². The van der Waals surface area contributed by atoms with Crippen LogP contribution < -0.4 is 9.84 Å². The minimum Gasteiger partial charge on any atom is -0.461 e. The van der Waals surface area contributed by atoms with Crippen molar-refractivity contribution in [1.82, 2.24) is 10.2 Å². The first-order chi connectivity index (χ1) is 19.0. The van der Waals surface area contributed by atoms with Crippen molar-refractivity contribution in [3.63, 3.8) is 0 Å². The van der Waals surface area contributed by atoms with Crippen LogP contribution in [0.1, 0.15) is 19.4 Å². The highest BCUT2D eigenvalue weighted by atomic mass is 31.2. The highest BCUT2D eigenvalue weighted by molar-refractivity contribution is 7.54. The number of aliphatic hydroxyl groups excluding tert-OH is 1. The third-order valence-electron chi connectivity index (χ3n) is 6.48. The lowest BCUT2D eigenvalue weighted by Gasteiger charge is -2.35. The van der Waals surface area contributed by atoms with Crippen molar-refractivity contribution in [3.8, 4) is 5.75 Å². The molecule has 0 radical (unpaired) electrons. The zero-order valence-electron chi connectivity index (χ0n) is 22.1. The Morgan fingerprint density at radius 2 is 1.88 bits per heavy atom. The number of ether oxygens (including phenoxy) is 2. The van der Waals surface area contributed by atoms with E-state index in [1.165, 1.54) is 24.1 Å². The molecule has 6 atom stereocenters. The Bertz CT molecular complexity index is 1290. The molecule has 0 spiro atoms. The van der Waals surface area contributed by atoms with Crippen LogP contribution in [0.4, 0.5) is 4.39 Å². The van der Waals surface area contributed by atoms with Crippen LogP contribution in [0.2, 0.25) is 0 Å². The topological polar surface area (TPSA) is 124 Å². The van der Waals surface area contributed by atoms with Gasteiger partial charge in [0.15, 0.2) is 11.9 Å². The van der Waals surface area contributed by atoms with Crippen molar-refractivity contribution in [2.45, 2.75) is 44.6 Å². The van der Waals surface area contributed by atoms with E-state index in [4.69, 9.17) is 18.5 Å². The number of halogens is 1. The van der Waals surface area contributed by atoms with Gasteiger partial charge in [0.1, 0.15) is 30.4 Å². The van der Waals surface area contributed by atoms with E-state index in [2.05, 4.69) is 11.9 Å². The van der Waals surface area contributed by atoms with Gasteiger partial charge in [-0.15, -0.1) is 0 Å². The van der Waals surface area contributed by atoms with E-state index in [9.17, 15) is 19.3 Å². The third-order valence-corrected chi connectivity index (χ3v) is 8.51. The number of esters is 1. The molecule has 40 heavy (non-hydrogen) atoms. The number of nitrogens with zero attached hydrogens (tertiary/aromatic N) is 1. The fraction of sp³-hybridized carbons (Fsp3) is 0.357. The molecule has 2 aliphatic rings. The van der Waals surface area contributed by atoms with Crippen molar-refractivity contribution in [2.75, 3.05) is 12.8 Å². The van der Waals surface area contributed by atoms with Crippen LogP contribution in [0.5, 0.6) is 5.75 Å². The number of hydrogen-bond acceptors (Lipinski definition) is 9. The van der Waals surface area contributed by atoms with Gasteiger partial charge in [0, 0.05) is 12.3 Å². The number of alkyl halides is 1. The lowest BCUT2D eigenvalue weighted by Crippen LogP contribution is -2.51. The maximum absolute atomic E-state index is 15.7. The summed E-state index contributed by atoms with van der Waals surface area (Å²) in [5.41, 5.74) is -1.52. The number of carbonyl (C=O) groups is 2. The molecule has 2 aliphatic heterocycles. The van der Waals surface area contributed by atoms with E-state index in [-0.39, 0.29) is 24.3 Å². The number of para-hydroxylation sites is 1. The number of hydrogen-bond donors (Lipinski definition) is 2. The van der Waals surface area contributed by atoms with E-state index < -0.39 is 56.1 Å². The summed E-state index contributed by atoms with van der Waals surface area (Å²) in [6, 6.07) is 17.4. The number of rotatable bonds is 11. The first-order valence-electron chi connectivity index (χ1n) is 12.7. The molecule has 0 aliphatic carbocycles. The smallest absolute Gasteiger partial charge is 0.380 e. The van der Waals surface area contributed by atoms with Crippen molar-refractivity contribution in [1.29, 1.82) is 0 Å². The summed E-state index contributed by atoms with van der Waals surface area (Å²) in [7, 11) is -4.06. The van der Waals surface area contributed by atoms with E-state index in [0.717, 1.165) is 12.5 Å². The summed E-state index contributed by atoms with van der Waals surface area (Å²) in [5, 5.41) is 13.2. The number of amides is 1. The summed E-state index contributed by atoms with van der Waals surface area (Å²) >= 11 is 0. The molecule has 1 saturated heterocycles. The maximum atomic E-state index is 15.7. The predicted molar refractivity (Wildman–Crippen MR) is 143 cm³/mol. The number of carbonyl (C=O) groups excluding carboxylic acids is 2. The molecule has 0 aromatic heterocycles. The Balaban J connectivity index is 1.45. The lowest BCUT2D eigenvalue weighted by atomic mass is 9.98. The molecular formula is C28H32FN2O8P. The summed E-state index contributed by atoms with van der Waals surface area (Å²) < 4.78 is 52.1. The van der Waals surface area contributed by atoms with Crippen LogP contribution in [-0.2, 0) is 34.8 Å². The van der Waals surface area contributed by atoms with E-state index in [1.807, 2.05) is 30.3 Å². The standard InChI is InChI=1S/C28H32FN2O8P/c1-19(26(34)36-16-21-10-6-4-7-11-21)18-40(35,39-22-12-8-5-9-13-22)37-17-23-25(33)28(3,29)27(38-23)31-15-14-24(32)30-20(31)2/h4-15,19,23,25,27,33H,2,16-18H2,1,3H3,(H,30,32)/t19-,23+,25+,27+,28+,40?/m0/s1. The van der Waals surface area contributed by atoms with Crippen molar-refractivity contribution < 1.29 is 42.2 Å². The summed E-state index contributed by atoms with van der Waals surface area (Å²) in [4.78, 5) is 25.5. The van der Waals surface area contributed by atoms with Crippen LogP contribution in [0, 0.1) is 5.92 Å². The Labute approximate surface area is 231 Å². The van der Waals surface area contributed by atoms with Gasteiger partial charge >= 0.3 is 13.6 Å². The van der Waals surface area contributed by atoms with Gasteiger partial charge in [0.25, 0.3) is 5.91 Å². The van der Waals surface area contributed by atoms with Crippen LogP contribution >= 0.6 is 7.60 Å². The van der Waals surface area contributed by atoms with Gasteiger partial charge in [-0.1, -0.05) is 62.0 Å². The van der Waals surface area contributed by atoms with Gasteiger partial charge in [0.2, 0.25) is 0 Å². The third kappa shape index (κ3) is 6.98. The molecule has 1 fully saturated rings. The SMILES string of the molecule is C=C1NC(=O)C=CN1[C@@H]1O[C@H](COP(=O)(C[C@H](C)C(=O)OCc2ccccc2)Oc2ccccc2)[C@@H](O)[C@@]1(C)F. The molecule has 214 valence electrons. The molecule has 10 nitrogen and oxygen atoms in total. The highest BCUT2D eigenvalue weighted by Crippen LogP contribution is 2.51. The number of aliphatic hydroxyl groups is 1. The quantitative estimate of drug-likeness (QED) is 0.304. The Hall–Kier alpha value is -3.50. The summed E-state index contributed by atoms with van der Waals surface area (Å²) in [5.74, 6) is -1.61. The van der Waals surface area contributed by atoms with Crippen LogP contribution in [0.15, 0.2) is 85.3 Å². The number of nitrogens with one attached hydrogen (secondary N) is 1. The molecule has 2 heterocycles. The molecule has 2 aromatic carbocycles. The average Bonchev–Trinajstić information content (AvgIpc) is 3.15. The van der Waals surface area contributed by atoms with Crippen LogP contribution in [0.3, 0.4) is 0 Å². The van der Waals surface area contributed by atoms with Crippen molar-refractivity contribution >= 4 is 19.5 Å². The van der Waals surface area contributed by atoms with Gasteiger partial charge in [-0.25, -0.2) is 8.96 Å². The molecule has 2 aromatic rings. The summed E-state index contributed by atoms with van der Waals surface area (Å²) in [6.07, 6.45) is -2.17. The zero-order chi connectivity index (χ0) is 28.9. The summed E-state index contributed by atoms with van der Waals surface area (Å²) in [6.45, 7) is 5.91. The van der Waals surface area contributed by atoms with Gasteiger partial charge in [0.05, 0.1) is 18.7 Å². The second-order valence-corrected chi connectivity index (χ2v) is 11.8. The lowest BCUT2D eigenvalue weighted by molar-refractivity contribution is -0.148. The van der Waals surface area contributed by atoms with Crippen LogP contribution in [0.25, 0.3) is 0 Å². The Morgan fingerprint density at radius 1 is 1.23 bits per heavy atom. The average molecular weight is 575 g/mol. The number of benzene rings is 2. The molecule has 0 bridgehead atoms. The van der Waals surface area contributed by atoms with Gasteiger partial charge in [-0.05, 0) is 24.6 Å². The van der Waals surface area contributed by atoms with E-state index >= 15 is 4.39 Å². The molecular weight excluding hydrogens is 542 g/mol. The monoisotopic (exact) mass is 574 g/mol. The normalized spacial score (nSPS) is 26.6. The van der Waals surface area contributed by atoms with Gasteiger partial charge in [-0.2, -0.15) is 0 Å². The first-order valence-corrected chi connectivity index (χ1v) is 14.4. The highest BCUT2D eigenvalue weighted by Gasteiger charge is 2.57. The second kappa shape index (κ2) is 12.3. The van der Waals surface area contributed by atoms with Crippen molar-refractivity contribution in [3.05, 3.63) is 90.9 Å². The van der Waals surface area contributed by atoms with Crippen LogP contribution in [-0.4, -0.2) is 58.8 Å². The molecule has 4 rings (SSSR count). The largest absolute Gasteiger partial charge is 0.461 e. The molecule has 12 heteroatoms. The Kier molecular flexibility index (Phi) is 9.10. The second-order valence-electron chi connectivity index (χ2n) is 9.77. The fourth-order valence-corrected chi connectivity index (χ4v) is 6.15. The van der Waals surface area contributed by atoms with E-state index in [0.29, 0.717) is 0 Å². The van der Waals surface area contributed by atoms with Gasteiger partial charge in [-0.3, -0.25) is 14.1 Å². The minimum absolute atomic E-state index is 0.0456. The zero-order valence-corrected chi connectivity index (χ0v) is 23.0. The first kappa shape index (κ1) is 29.5. The minimum atomic E-state index is -4.06.